The molecule has 0 atom stereocenters. The van der Waals surface area contributed by atoms with E-state index in [-0.39, 0.29) is 5.91 Å². The number of nitrogens with zero attached hydrogens (tertiary/aromatic N) is 1. The second-order valence-corrected chi connectivity index (χ2v) is 7.11. The Morgan fingerprint density at radius 3 is 2.83 bits per heavy atom. The first-order chi connectivity index (χ1) is 11.2. The van der Waals surface area contributed by atoms with Crippen molar-refractivity contribution in [1.29, 1.82) is 0 Å². The molecule has 1 amide bonds. The number of rotatable bonds is 5. The van der Waals surface area contributed by atoms with E-state index in [9.17, 15) is 4.79 Å². The maximum Gasteiger partial charge on any atom is 0.230 e. The third kappa shape index (κ3) is 3.68. The molecule has 118 valence electrons. The van der Waals surface area contributed by atoms with Gasteiger partial charge in [-0.05, 0) is 35.9 Å². The molecule has 0 saturated heterocycles. The summed E-state index contributed by atoms with van der Waals surface area (Å²) in [7, 11) is 0. The van der Waals surface area contributed by atoms with E-state index in [0.29, 0.717) is 6.42 Å². The second kappa shape index (κ2) is 7.06. The van der Waals surface area contributed by atoms with Gasteiger partial charge in [0.05, 0.1) is 17.0 Å². The predicted octanol–water partition coefficient (Wildman–Crippen LogP) is 4.92. The van der Waals surface area contributed by atoms with Crippen LogP contribution in [0, 0.1) is 6.92 Å². The van der Waals surface area contributed by atoms with Crippen LogP contribution in [0.3, 0.4) is 0 Å². The topological polar surface area (TPSA) is 42.0 Å². The van der Waals surface area contributed by atoms with Crippen molar-refractivity contribution in [3.8, 4) is 9.88 Å². The molecule has 1 N–H and O–H groups in total. The van der Waals surface area contributed by atoms with Gasteiger partial charge in [-0.3, -0.25) is 4.79 Å². The minimum absolute atomic E-state index is 0.0166. The number of thiophene rings is 1. The molecule has 0 saturated carbocycles. The quantitative estimate of drug-likeness (QED) is 0.715. The number of thiazole rings is 1. The van der Waals surface area contributed by atoms with Gasteiger partial charge in [-0.25, -0.2) is 4.98 Å². The number of nitrogens with one attached hydrogen (secondary N) is 1. The summed E-state index contributed by atoms with van der Waals surface area (Å²) < 4.78 is 0. The Bertz CT molecular complexity index is 806. The summed E-state index contributed by atoms with van der Waals surface area (Å²) in [5, 5.41) is 8.03. The average molecular weight is 342 g/mol. The number of benzene rings is 1. The van der Waals surface area contributed by atoms with Gasteiger partial charge < -0.3 is 5.32 Å². The number of hydrogen-bond donors (Lipinski definition) is 1. The fourth-order valence-corrected chi connectivity index (χ4v) is 4.09. The van der Waals surface area contributed by atoms with Crippen LogP contribution < -0.4 is 5.32 Å². The summed E-state index contributed by atoms with van der Waals surface area (Å²) in [5.41, 5.74) is 4.02. The first-order valence-corrected chi connectivity index (χ1v) is 9.30. The van der Waals surface area contributed by atoms with Crippen LogP contribution in [0.25, 0.3) is 9.88 Å². The molecule has 0 aliphatic heterocycles. The number of aryl methyl sites for hydroxylation is 2. The van der Waals surface area contributed by atoms with Crippen LogP contribution in [0.1, 0.15) is 23.7 Å². The Morgan fingerprint density at radius 1 is 1.22 bits per heavy atom. The van der Waals surface area contributed by atoms with E-state index in [2.05, 4.69) is 23.3 Å². The van der Waals surface area contributed by atoms with Crippen molar-refractivity contribution in [2.45, 2.75) is 26.7 Å². The van der Waals surface area contributed by atoms with E-state index < -0.39 is 0 Å². The molecular weight excluding hydrogens is 324 g/mol. The van der Waals surface area contributed by atoms with Gasteiger partial charge in [-0.15, -0.1) is 22.7 Å². The maximum atomic E-state index is 12.4. The zero-order valence-electron chi connectivity index (χ0n) is 13.1. The van der Waals surface area contributed by atoms with E-state index in [1.807, 2.05) is 41.9 Å². The standard InChI is InChI=1S/C18H18N2OS2/c1-3-13-7-4-6-12(2)17(13)20-16(21)10-14-11-23-18(19-14)15-8-5-9-22-15/h4-9,11H,3,10H2,1-2H3,(H,20,21). The van der Waals surface area contributed by atoms with Crippen LogP contribution in [-0.4, -0.2) is 10.9 Å². The fraction of sp³-hybridized carbons (Fsp3) is 0.222. The smallest absolute Gasteiger partial charge is 0.230 e. The zero-order valence-corrected chi connectivity index (χ0v) is 14.8. The lowest BCUT2D eigenvalue weighted by Crippen LogP contribution is -2.16. The highest BCUT2D eigenvalue weighted by Crippen LogP contribution is 2.28. The number of amides is 1. The lowest BCUT2D eigenvalue weighted by molar-refractivity contribution is -0.115. The largest absolute Gasteiger partial charge is 0.325 e. The van der Waals surface area contributed by atoms with E-state index in [1.165, 1.54) is 0 Å². The van der Waals surface area contributed by atoms with E-state index >= 15 is 0 Å². The minimum Gasteiger partial charge on any atom is -0.325 e. The SMILES string of the molecule is CCc1cccc(C)c1NC(=O)Cc1csc(-c2cccs2)n1. The molecule has 5 heteroatoms. The monoisotopic (exact) mass is 342 g/mol. The van der Waals surface area contributed by atoms with Crippen molar-refractivity contribution in [2.75, 3.05) is 5.32 Å². The lowest BCUT2D eigenvalue weighted by Gasteiger charge is -2.12. The Balaban J connectivity index is 1.71. The highest BCUT2D eigenvalue weighted by atomic mass is 32.1. The van der Waals surface area contributed by atoms with Crippen molar-refractivity contribution in [1.82, 2.24) is 4.98 Å². The molecule has 0 aliphatic carbocycles. The Morgan fingerprint density at radius 2 is 2.09 bits per heavy atom. The summed E-state index contributed by atoms with van der Waals surface area (Å²) in [6, 6.07) is 10.2. The first-order valence-electron chi connectivity index (χ1n) is 7.54. The van der Waals surface area contributed by atoms with Crippen molar-refractivity contribution >= 4 is 34.3 Å². The molecule has 3 rings (SSSR count). The average Bonchev–Trinajstić information content (AvgIpc) is 3.20. The Labute approximate surface area is 144 Å². The molecule has 1 aromatic carbocycles. The van der Waals surface area contributed by atoms with Crippen LogP contribution in [0.4, 0.5) is 5.69 Å². The summed E-state index contributed by atoms with van der Waals surface area (Å²) >= 11 is 3.25. The molecular formula is C18H18N2OS2. The molecule has 2 heterocycles. The molecule has 0 radical (unpaired) electrons. The van der Waals surface area contributed by atoms with Gasteiger partial charge in [-0.2, -0.15) is 0 Å². The minimum atomic E-state index is -0.0166. The number of aromatic nitrogens is 1. The normalized spacial score (nSPS) is 10.7. The van der Waals surface area contributed by atoms with Crippen molar-refractivity contribution < 1.29 is 4.79 Å². The zero-order chi connectivity index (χ0) is 16.2. The Kier molecular flexibility index (Phi) is 4.88. The third-order valence-corrected chi connectivity index (χ3v) is 5.56. The van der Waals surface area contributed by atoms with E-state index in [1.54, 1.807) is 22.7 Å². The van der Waals surface area contributed by atoms with Gasteiger partial charge >= 0.3 is 0 Å². The van der Waals surface area contributed by atoms with Crippen LogP contribution in [0.15, 0.2) is 41.1 Å². The van der Waals surface area contributed by atoms with Gasteiger partial charge in [0.25, 0.3) is 0 Å². The predicted molar refractivity (Wildman–Crippen MR) is 98.3 cm³/mol. The van der Waals surface area contributed by atoms with Gasteiger partial charge in [0.15, 0.2) is 0 Å². The molecule has 3 aromatic rings. The molecule has 3 nitrogen and oxygen atoms in total. The van der Waals surface area contributed by atoms with Gasteiger partial charge in [0, 0.05) is 11.1 Å². The van der Waals surface area contributed by atoms with Gasteiger partial charge in [0.2, 0.25) is 5.91 Å². The number of carbonyl (C=O) groups excluding carboxylic acids is 1. The van der Waals surface area contributed by atoms with E-state index in [0.717, 1.165) is 38.8 Å². The molecule has 23 heavy (non-hydrogen) atoms. The van der Waals surface area contributed by atoms with Gasteiger partial charge in [0.1, 0.15) is 5.01 Å². The molecule has 0 unspecified atom stereocenters. The molecule has 0 fully saturated rings. The first kappa shape index (κ1) is 15.9. The summed E-state index contributed by atoms with van der Waals surface area (Å²) in [6.45, 7) is 4.12. The molecule has 2 aromatic heterocycles. The highest BCUT2D eigenvalue weighted by molar-refractivity contribution is 7.20. The summed E-state index contributed by atoms with van der Waals surface area (Å²) in [6.07, 6.45) is 1.20. The molecule has 0 spiro atoms. The number of carbonyl (C=O) groups is 1. The highest BCUT2D eigenvalue weighted by Gasteiger charge is 2.12. The number of para-hydroxylation sites is 1. The van der Waals surface area contributed by atoms with Crippen LogP contribution in [0.5, 0.6) is 0 Å². The number of anilines is 1. The summed E-state index contributed by atoms with van der Waals surface area (Å²) in [5.74, 6) is -0.0166. The van der Waals surface area contributed by atoms with Crippen molar-refractivity contribution in [2.24, 2.45) is 0 Å². The molecule has 0 bridgehead atoms. The van der Waals surface area contributed by atoms with Crippen LogP contribution in [-0.2, 0) is 17.6 Å². The van der Waals surface area contributed by atoms with Gasteiger partial charge in [-0.1, -0.05) is 31.2 Å². The number of hydrogen-bond acceptors (Lipinski definition) is 4. The van der Waals surface area contributed by atoms with E-state index in [4.69, 9.17) is 0 Å². The van der Waals surface area contributed by atoms with Crippen molar-refractivity contribution in [3.05, 3.63) is 57.9 Å². The van der Waals surface area contributed by atoms with Crippen LogP contribution >= 0.6 is 22.7 Å². The second-order valence-electron chi connectivity index (χ2n) is 5.31. The maximum absolute atomic E-state index is 12.4. The lowest BCUT2D eigenvalue weighted by atomic mass is 10.1. The fourth-order valence-electron chi connectivity index (χ4n) is 2.45. The third-order valence-electron chi connectivity index (χ3n) is 3.63. The van der Waals surface area contributed by atoms with Crippen LogP contribution in [0.2, 0.25) is 0 Å². The summed E-state index contributed by atoms with van der Waals surface area (Å²) in [4.78, 5) is 18.1. The Hall–Kier alpha value is -1.98. The van der Waals surface area contributed by atoms with Crippen molar-refractivity contribution in [3.63, 3.8) is 0 Å². The molecule has 0 aliphatic rings.